The molecule has 0 aliphatic carbocycles. The van der Waals surface area contributed by atoms with Crippen molar-refractivity contribution < 1.29 is 4.58 Å². The minimum absolute atomic E-state index is 0.861. The molecule has 0 amide bonds. The van der Waals surface area contributed by atoms with Gasteiger partial charge in [0.1, 0.15) is 24.5 Å². The van der Waals surface area contributed by atoms with Crippen LogP contribution in [-0.4, -0.2) is 10.9 Å². The van der Waals surface area contributed by atoms with E-state index in [0.29, 0.717) is 0 Å². The third kappa shape index (κ3) is 3.00. The van der Waals surface area contributed by atoms with Crippen molar-refractivity contribution in [2.24, 2.45) is 0 Å². The summed E-state index contributed by atoms with van der Waals surface area (Å²) in [7, 11) is 0. The SMILES string of the molecule is C1=[N+](Cc2ccccc2)c2cccc3cccc(c23)N1Cc1ccccc1. The molecular formula is C25H21N2+. The number of rotatable bonds is 4. The molecular weight excluding hydrogens is 328 g/mol. The molecule has 4 aromatic carbocycles. The van der Waals surface area contributed by atoms with Crippen molar-refractivity contribution >= 4 is 28.5 Å². The number of nitrogens with zero attached hydrogens (tertiary/aromatic N) is 2. The number of anilines is 1. The fraction of sp³-hybridized carbons (Fsp3) is 0.0800. The van der Waals surface area contributed by atoms with E-state index in [1.54, 1.807) is 0 Å². The second-order valence-corrected chi connectivity index (χ2v) is 6.99. The summed E-state index contributed by atoms with van der Waals surface area (Å²) in [6, 6.07) is 34.5. The summed E-state index contributed by atoms with van der Waals surface area (Å²) < 4.78 is 2.37. The molecule has 0 N–H and O–H groups in total. The van der Waals surface area contributed by atoms with Crippen LogP contribution < -0.4 is 4.90 Å². The molecule has 1 aliphatic rings. The Balaban J connectivity index is 1.63. The van der Waals surface area contributed by atoms with E-state index in [9.17, 15) is 0 Å². The van der Waals surface area contributed by atoms with E-state index < -0.39 is 0 Å². The van der Waals surface area contributed by atoms with Gasteiger partial charge in [0.05, 0.1) is 5.39 Å². The zero-order chi connectivity index (χ0) is 18.1. The van der Waals surface area contributed by atoms with E-state index >= 15 is 0 Å². The smallest absolute Gasteiger partial charge is 0.229 e. The fourth-order valence-electron chi connectivity index (χ4n) is 3.89. The number of benzene rings is 4. The molecule has 0 spiro atoms. The molecule has 0 bridgehead atoms. The molecule has 0 aromatic heterocycles. The lowest BCUT2D eigenvalue weighted by molar-refractivity contribution is -0.453. The molecule has 0 saturated carbocycles. The number of hydrogen-bond acceptors (Lipinski definition) is 1. The highest BCUT2D eigenvalue weighted by Gasteiger charge is 2.26. The molecule has 2 heteroatoms. The van der Waals surface area contributed by atoms with Crippen LogP contribution in [0.15, 0.2) is 97.1 Å². The van der Waals surface area contributed by atoms with Crippen LogP contribution in [0.2, 0.25) is 0 Å². The summed E-state index contributed by atoms with van der Waals surface area (Å²) in [5, 5.41) is 2.61. The largest absolute Gasteiger partial charge is 0.245 e. The van der Waals surface area contributed by atoms with Gasteiger partial charge in [-0.2, -0.15) is 0 Å². The fourth-order valence-corrected chi connectivity index (χ4v) is 3.89. The van der Waals surface area contributed by atoms with Crippen LogP contribution in [0.1, 0.15) is 11.1 Å². The minimum atomic E-state index is 0.861. The molecule has 0 atom stereocenters. The lowest BCUT2D eigenvalue weighted by Crippen LogP contribution is -2.29. The van der Waals surface area contributed by atoms with Gasteiger partial charge in [0.25, 0.3) is 0 Å². The van der Waals surface area contributed by atoms with E-state index in [1.807, 2.05) is 0 Å². The summed E-state index contributed by atoms with van der Waals surface area (Å²) in [5.41, 5.74) is 5.17. The average molecular weight is 349 g/mol. The molecule has 5 rings (SSSR count). The van der Waals surface area contributed by atoms with Crippen molar-refractivity contribution in [1.29, 1.82) is 0 Å². The Kier molecular flexibility index (Phi) is 3.95. The van der Waals surface area contributed by atoms with Gasteiger partial charge in [0.15, 0.2) is 0 Å². The normalized spacial score (nSPS) is 12.9. The molecule has 0 saturated heterocycles. The first-order valence-corrected chi connectivity index (χ1v) is 9.36. The van der Waals surface area contributed by atoms with E-state index in [-0.39, 0.29) is 0 Å². The van der Waals surface area contributed by atoms with Crippen LogP contribution in [0.3, 0.4) is 0 Å². The molecule has 1 heterocycles. The van der Waals surface area contributed by atoms with E-state index in [4.69, 9.17) is 0 Å². The Labute approximate surface area is 159 Å². The Hall–Kier alpha value is -3.39. The number of hydrogen-bond donors (Lipinski definition) is 0. The van der Waals surface area contributed by atoms with Crippen LogP contribution >= 0.6 is 0 Å². The highest BCUT2D eigenvalue weighted by molar-refractivity contribution is 6.06. The zero-order valence-electron chi connectivity index (χ0n) is 15.1. The topological polar surface area (TPSA) is 6.25 Å². The minimum Gasteiger partial charge on any atom is -0.229 e. The van der Waals surface area contributed by atoms with Gasteiger partial charge < -0.3 is 0 Å². The highest BCUT2D eigenvalue weighted by atomic mass is 15.2. The second-order valence-electron chi connectivity index (χ2n) is 6.99. The van der Waals surface area contributed by atoms with Crippen molar-refractivity contribution in [3.63, 3.8) is 0 Å². The average Bonchev–Trinajstić information content (AvgIpc) is 2.73. The van der Waals surface area contributed by atoms with Crippen LogP contribution in [0.25, 0.3) is 10.8 Å². The lowest BCUT2D eigenvalue weighted by Gasteiger charge is -2.23. The first kappa shape index (κ1) is 15.8. The third-order valence-corrected chi connectivity index (χ3v) is 5.15. The summed E-state index contributed by atoms with van der Waals surface area (Å²) in [6.45, 7) is 1.72. The van der Waals surface area contributed by atoms with Crippen LogP contribution in [0, 0.1) is 0 Å². The van der Waals surface area contributed by atoms with Gasteiger partial charge in [-0.1, -0.05) is 84.9 Å². The molecule has 0 radical (unpaired) electrons. The first-order valence-electron chi connectivity index (χ1n) is 9.36. The van der Waals surface area contributed by atoms with Crippen molar-refractivity contribution in [2.75, 3.05) is 4.90 Å². The van der Waals surface area contributed by atoms with Crippen LogP contribution in [-0.2, 0) is 13.1 Å². The maximum atomic E-state index is 2.37. The van der Waals surface area contributed by atoms with Gasteiger partial charge in [0.2, 0.25) is 6.34 Å². The van der Waals surface area contributed by atoms with Crippen LogP contribution in [0.5, 0.6) is 0 Å². The standard InChI is InChI=1S/C25H21N2/c1-3-9-20(10-4-1)17-26-19-27(18-21-11-5-2-6-12-21)24-16-8-14-22-13-7-15-23(26)25(22)24/h1-16,19H,17-18H2/q+1. The molecule has 0 fully saturated rings. The summed E-state index contributed by atoms with van der Waals surface area (Å²) in [6.07, 6.45) is 2.26. The van der Waals surface area contributed by atoms with E-state index in [0.717, 1.165) is 13.1 Å². The molecule has 0 unspecified atom stereocenters. The van der Waals surface area contributed by atoms with E-state index in [2.05, 4.69) is 113 Å². The van der Waals surface area contributed by atoms with Gasteiger partial charge in [-0.25, -0.2) is 9.48 Å². The highest BCUT2D eigenvalue weighted by Crippen LogP contribution is 2.38. The zero-order valence-corrected chi connectivity index (χ0v) is 15.1. The van der Waals surface area contributed by atoms with Crippen molar-refractivity contribution in [2.45, 2.75) is 13.1 Å². The summed E-state index contributed by atoms with van der Waals surface area (Å²) in [5.74, 6) is 0. The summed E-state index contributed by atoms with van der Waals surface area (Å²) in [4.78, 5) is 2.37. The second kappa shape index (κ2) is 6.73. The van der Waals surface area contributed by atoms with Gasteiger partial charge in [0, 0.05) is 0 Å². The van der Waals surface area contributed by atoms with Crippen LogP contribution in [0.4, 0.5) is 11.4 Å². The van der Waals surface area contributed by atoms with Gasteiger partial charge in [-0.3, -0.25) is 0 Å². The van der Waals surface area contributed by atoms with Crippen molar-refractivity contribution in [1.82, 2.24) is 0 Å². The Morgan fingerprint density at radius 2 is 1.30 bits per heavy atom. The maximum Gasteiger partial charge on any atom is 0.245 e. The molecule has 130 valence electrons. The molecule has 27 heavy (non-hydrogen) atoms. The molecule has 2 nitrogen and oxygen atoms in total. The van der Waals surface area contributed by atoms with Crippen molar-refractivity contribution in [3.05, 3.63) is 108 Å². The first-order chi connectivity index (χ1) is 13.4. The quantitative estimate of drug-likeness (QED) is 0.426. The Morgan fingerprint density at radius 1 is 0.630 bits per heavy atom. The van der Waals surface area contributed by atoms with Gasteiger partial charge >= 0.3 is 0 Å². The van der Waals surface area contributed by atoms with Crippen molar-refractivity contribution in [3.8, 4) is 0 Å². The molecule has 1 aliphatic heterocycles. The third-order valence-electron chi connectivity index (χ3n) is 5.15. The predicted octanol–water partition coefficient (Wildman–Crippen LogP) is 5.73. The monoisotopic (exact) mass is 349 g/mol. The summed E-state index contributed by atoms with van der Waals surface area (Å²) >= 11 is 0. The Bertz CT molecular complexity index is 1110. The molecule has 4 aromatic rings. The maximum absolute atomic E-state index is 2.37. The lowest BCUT2D eigenvalue weighted by atomic mass is 10.0. The van der Waals surface area contributed by atoms with Gasteiger partial charge in [-0.15, -0.1) is 0 Å². The Morgan fingerprint density at radius 3 is 2.04 bits per heavy atom. The predicted molar refractivity (Wildman–Crippen MR) is 113 cm³/mol. The van der Waals surface area contributed by atoms with E-state index in [1.165, 1.54) is 33.3 Å². The van der Waals surface area contributed by atoms with Gasteiger partial charge in [-0.05, 0) is 28.6 Å².